The molecule has 0 aromatic rings. The average Bonchev–Trinajstić information content (AvgIpc) is 2.29. The van der Waals surface area contributed by atoms with E-state index in [2.05, 4.69) is 11.3 Å². The molecule has 2 nitrogen and oxygen atoms in total. The van der Waals surface area contributed by atoms with Crippen molar-refractivity contribution in [1.82, 2.24) is 0 Å². The van der Waals surface area contributed by atoms with E-state index in [9.17, 15) is 4.79 Å². The molecular formula is C13H22O2. The van der Waals surface area contributed by atoms with Crippen molar-refractivity contribution in [3.63, 3.8) is 0 Å². The molecule has 0 N–H and O–H groups in total. The van der Waals surface area contributed by atoms with Gasteiger partial charge in [0.2, 0.25) is 0 Å². The Morgan fingerprint density at radius 1 is 1.33 bits per heavy atom. The topological polar surface area (TPSA) is 26.3 Å². The Morgan fingerprint density at radius 3 is 2.60 bits per heavy atom. The van der Waals surface area contributed by atoms with E-state index in [0.717, 1.165) is 18.8 Å². The van der Waals surface area contributed by atoms with Crippen LogP contribution in [0.2, 0.25) is 0 Å². The molecule has 0 aromatic heterocycles. The first-order valence-electron chi connectivity index (χ1n) is 6.00. The van der Waals surface area contributed by atoms with Gasteiger partial charge >= 0.3 is 5.97 Å². The van der Waals surface area contributed by atoms with Crippen LogP contribution < -0.4 is 0 Å². The number of ether oxygens (including phenoxy) is 1. The summed E-state index contributed by atoms with van der Waals surface area (Å²) in [7, 11) is 1.41. The van der Waals surface area contributed by atoms with Crippen molar-refractivity contribution in [1.29, 1.82) is 0 Å². The van der Waals surface area contributed by atoms with E-state index in [0.29, 0.717) is 5.57 Å². The van der Waals surface area contributed by atoms with E-state index in [1.807, 2.05) is 0 Å². The highest BCUT2D eigenvalue weighted by molar-refractivity contribution is 5.87. The summed E-state index contributed by atoms with van der Waals surface area (Å²) in [6, 6.07) is 0. The molecule has 1 fully saturated rings. The van der Waals surface area contributed by atoms with Crippen molar-refractivity contribution < 1.29 is 9.53 Å². The molecule has 0 unspecified atom stereocenters. The van der Waals surface area contributed by atoms with Crippen LogP contribution in [-0.4, -0.2) is 13.1 Å². The van der Waals surface area contributed by atoms with E-state index in [1.165, 1.54) is 45.6 Å². The zero-order chi connectivity index (χ0) is 11.1. The lowest BCUT2D eigenvalue weighted by Gasteiger charge is -2.21. The zero-order valence-corrected chi connectivity index (χ0v) is 9.76. The lowest BCUT2D eigenvalue weighted by Crippen LogP contribution is -2.07. The number of hydrogen-bond acceptors (Lipinski definition) is 2. The fourth-order valence-electron chi connectivity index (χ4n) is 2.33. The van der Waals surface area contributed by atoms with Gasteiger partial charge in [-0.1, -0.05) is 45.1 Å². The highest BCUT2D eigenvalue weighted by Crippen LogP contribution is 2.28. The molecule has 0 radical (unpaired) electrons. The van der Waals surface area contributed by atoms with Crippen LogP contribution in [0.25, 0.3) is 0 Å². The highest BCUT2D eigenvalue weighted by Gasteiger charge is 2.13. The van der Waals surface area contributed by atoms with Crippen LogP contribution in [0.15, 0.2) is 12.2 Å². The molecule has 1 rings (SSSR count). The van der Waals surface area contributed by atoms with Crippen LogP contribution in [0.5, 0.6) is 0 Å². The molecule has 1 aliphatic rings. The smallest absolute Gasteiger partial charge is 0.333 e. The number of hydrogen-bond donors (Lipinski definition) is 0. The molecule has 15 heavy (non-hydrogen) atoms. The maximum absolute atomic E-state index is 11.1. The fraction of sp³-hybridized carbons (Fsp3) is 0.769. The first-order valence-corrected chi connectivity index (χ1v) is 6.00. The Hall–Kier alpha value is -0.790. The molecule has 0 amide bonds. The van der Waals surface area contributed by atoms with Gasteiger partial charge in [0.05, 0.1) is 7.11 Å². The van der Waals surface area contributed by atoms with Gasteiger partial charge in [0, 0.05) is 5.57 Å². The number of esters is 1. The normalized spacial score (nSPS) is 17.4. The van der Waals surface area contributed by atoms with Crippen LogP contribution in [-0.2, 0) is 9.53 Å². The second-order valence-corrected chi connectivity index (χ2v) is 4.49. The summed E-state index contributed by atoms with van der Waals surface area (Å²) in [5.74, 6) is 0.642. The SMILES string of the molecule is C=C(CCCC1CCCCC1)C(=O)OC. The van der Waals surface area contributed by atoms with E-state index in [1.54, 1.807) is 0 Å². The molecule has 0 heterocycles. The number of carbonyl (C=O) groups is 1. The third-order valence-electron chi connectivity index (χ3n) is 3.29. The van der Waals surface area contributed by atoms with Gasteiger partial charge in [-0.2, -0.15) is 0 Å². The molecule has 1 aliphatic carbocycles. The Kier molecular flexibility index (Phi) is 5.44. The maximum Gasteiger partial charge on any atom is 0.333 e. The standard InChI is InChI=1S/C13H22O2/c1-11(13(14)15-2)7-6-10-12-8-4-3-5-9-12/h12H,1,3-10H2,2H3. The lowest BCUT2D eigenvalue weighted by molar-refractivity contribution is -0.136. The summed E-state index contributed by atoms with van der Waals surface area (Å²) in [5, 5.41) is 0. The van der Waals surface area contributed by atoms with Crippen LogP contribution in [0.4, 0.5) is 0 Å². The summed E-state index contributed by atoms with van der Waals surface area (Å²) >= 11 is 0. The van der Waals surface area contributed by atoms with E-state index >= 15 is 0 Å². The predicted octanol–water partition coefficient (Wildman–Crippen LogP) is 3.47. The van der Waals surface area contributed by atoms with Crippen molar-refractivity contribution in [2.45, 2.75) is 51.4 Å². The minimum absolute atomic E-state index is 0.251. The minimum Gasteiger partial charge on any atom is -0.466 e. The maximum atomic E-state index is 11.1. The fourth-order valence-corrected chi connectivity index (χ4v) is 2.33. The third-order valence-corrected chi connectivity index (χ3v) is 3.29. The van der Waals surface area contributed by atoms with Gasteiger partial charge in [-0.15, -0.1) is 0 Å². The summed E-state index contributed by atoms with van der Waals surface area (Å²) in [5.41, 5.74) is 0.619. The average molecular weight is 210 g/mol. The molecule has 86 valence electrons. The molecule has 0 atom stereocenters. The second-order valence-electron chi connectivity index (χ2n) is 4.49. The van der Waals surface area contributed by atoms with Crippen LogP contribution >= 0.6 is 0 Å². The van der Waals surface area contributed by atoms with E-state index < -0.39 is 0 Å². The highest BCUT2D eigenvalue weighted by atomic mass is 16.5. The second kappa shape index (κ2) is 6.65. The van der Waals surface area contributed by atoms with Crippen molar-refractivity contribution in [3.05, 3.63) is 12.2 Å². The van der Waals surface area contributed by atoms with Crippen molar-refractivity contribution in [2.75, 3.05) is 7.11 Å². The third kappa shape index (κ3) is 4.50. The molecule has 0 saturated heterocycles. The van der Waals surface area contributed by atoms with Crippen molar-refractivity contribution in [3.8, 4) is 0 Å². The van der Waals surface area contributed by atoms with Gasteiger partial charge in [0.25, 0.3) is 0 Å². The van der Waals surface area contributed by atoms with Gasteiger partial charge < -0.3 is 4.74 Å². The first-order chi connectivity index (χ1) is 7.24. The van der Waals surface area contributed by atoms with Crippen molar-refractivity contribution >= 4 is 5.97 Å². The lowest BCUT2D eigenvalue weighted by atomic mass is 9.85. The number of carbonyl (C=O) groups excluding carboxylic acids is 1. The quantitative estimate of drug-likeness (QED) is 0.513. The van der Waals surface area contributed by atoms with Gasteiger partial charge in [-0.25, -0.2) is 4.79 Å². The number of rotatable bonds is 5. The largest absolute Gasteiger partial charge is 0.466 e. The summed E-state index contributed by atoms with van der Waals surface area (Å²) < 4.78 is 4.62. The van der Waals surface area contributed by atoms with Gasteiger partial charge in [0.15, 0.2) is 0 Å². The van der Waals surface area contributed by atoms with Crippen LogP contribution in [0.1, 0.15) is 51.4 Å². The molecule has 2 heteroatoms. The van der Waals surface area contributed by atoms with E-state index in [-0.39, 0.29) is 5.97 Å². The predicted molar refractivity (Wildman–Crippen MR) is 61.6 cm³/mol. The Balaban J connectivity index is 2.09. The Morgan fingerprint density at radius 2 is 2.00 bits per heavy atom. The molecule has 0 bridgehead atoms. The molecule has 0 aromatic carbocycles. The monoisotopic (exact) mass is 210 g/mol. The van der Waals surface area contributed by atoms with E-state index in [4.69, 9.17) is 0 Å². The van der Waals surface area contributed by atoms with Gasteiger partial charge in [0.1, 0.15) is 0 Å². The summed E-state index contributed by atoms with van der Waals surface area (Å²) in [6.45, 7) is 3.73. The minimum atomic E-state index is -0.251. The first kappa shape index (κ1) is 12.3. The number of methoxy groups -OCH3 is 1. The van der Waals surface area contributed by atoms with Crippen LogP contribution in [0.3, 0.4) is 0 Å². The summed E-state index contributed by atoms with van der Waals surface area (Å²) in [6.07, 6.45) is 10.1. The summed E-state index contributed by atoms with van der Waals surface area (Å²) in [4.78, 5) is 11.1. The molecule has 0 spiro atoms. The van der Waals surface area contributed by atoms with Crippen LogP contribution in [0, 0.1) is 5.92 Å². The molecular weight excluding hydrogens is 188 g/mol. The van der Waals surface area contributed by atoms with Crippen molar-refractivity contribution in [2.24, 2.45) is 5.92 Å². The Bertz CT molecular complexity index is 215. The molecule has 0 aliphatic heterocycles. The van der Waals surface area contributed by atoms with Gasteiger partial charge in [-0.3, -0.25) is 0 Å². The van der Waals surface area contributed by atoms with Gasteiger partial charge in [-0.05, 0) is 18.8 Å². The molecule has 1 saturated carbocycles. The zero-order valence-electron chi connectivity index (χ0n) is 9.76. The Labute approximate surface area is 92.7 Å².